The van der Waals surface area contributed by atoms with Gasteiger partial charge in [-0.1, -0.05) is 18.2 Å². The molecule has 1 atom stereocenters. The zero-order chi connectivity index (χ0) is 14.5. The van der Waals surface area contributed by atoms with Gasteiger partial charge in [0.15, 0.2) is 0 Å². The summed E-state index contributed by atoms with van der Waals surface area (Å²) < 4.78 is 5.14. The highest BCUT2D eigenvalue weighted by Crippen LogP contribution is 2.25. The quantitative estimate of drug-likeness (QED) is 0.875. The molecular formula is C17H21NO2. The molecule has 106 valence electrons. The molecule has 0 fully saturated rings. The highest BCUT2D eigenvalue weighted by molar-refractivity contribution is 5.49. The minimum atomic E-state index is -0.108. The van der Waals surface area contributed by atoms with Crippen LogP contribution in [0, 0.1) is 13.8 Å². The number of methoxy groups -OCH3 is 1. The summed E-state index contributed by atoms with van der Waals surface area (Å²) in [6.45, 7) is 4.22. The Morgan fingerprint density at radius 3 is 2.40 bits per heavy atom. The summed E-state index contributed by atoms with van der Waals surface area (Å²) >= 11 is 0. The molecule has 1 unspecified atom stereocenters. The molecule has 0 spiro atoms. The first kappa shape index (κ1) is 14.4. The molecule has 0 radical (unpaired) electrons. The lowest BCUT2D eigenvalue weighted by molar-refractivity contribution is 0.276. The van der Waals surface area contributed by atoms with Gasteiger partial charge in [0.05, 0.1) is 19.8 Å². The van der Waals surface area contributed by atoms with Crippen LogP contribution in [0.3, 0.4) is 0 Å². The average Bonchev–Trinajstić information content (AvgIpc) is 2.48. The van der Waals surface area contributed by atoms with E-state index in [4.69, 9.17) is 4.74 Å². The number of ether oxygens (including phenoxy) is 1. The Morgan fingerprint density at radius 2 is 1.80 bits per heavy atom. The van der Waals surface area contributed by atoms with E-state index < -0.39 is 0 Å². The Balaban J connectivity index is 2.21. The van der Waals surface area contributed by atoms with Crippen molar-refractivity contribution in [2.75, 3.05) is 19.0 Å². The van der Waals surface area contributed by atoms with Crippen molar-refractivity contribution in [3.8, 4) is 5.75 Å². The van der Waals surface area contributed by atoms with Gasteiger partial charge in [-0.15, -0.1) is 0 Å². The van der Waals surface area contributed by atoms with E-state index in [0.29, 0.717) is 0 Å². The highest BCUT2D eigenvalue weighted by Gasteiger charge is 2.13. The normalized spacial score (nSPS) is 12.0. The van der Waals surface area contributed by atoms with E-state index in [1.807, 2.05) is 30.3 Å². The molecule has 0 saturated carbocycles. The lowest BCUT2D eigenvalue weighted by atomic mass is 9.97. The molecule has 0 aromatic heterocycles. The first-order chi connectivity index (χ1) is 9.65. The third-order valence-electron chi connectivity index (χ3n) is 3.64. The van der Waals surface area contributed by atoms with Crippen LogP contribution in [0.15, 0.2) is 42.5 Å². The lowest BCUT2D eigenvalue weighted by Gasteiger charge is -2.21. The van der Waals surface area contributed by atoms with Crippen molar-refractivity contribution in [3.63, 3.8) is 0 Å². The number of benzene rings is 2. The van der Waals surface area contributed by atoms with E-state index in [1.165, 1.54) is 11.1 Å². The van der Waals surface area contributed by atoms with E-state index in [0.717, 1.165) is 17.0 Å². The van der Waals surface area contributed by atoms with E-state index in [-0.39, 0.29) is 12.6 Å². The third kappa shape index (κ3) is 3.11. The summed E-state index contributed by atoms with van der Waals surface area (Å²) in [7, 11) is 1.65. The van der Waals surface area contributed by atoms with Gasteiger partial charge < -0.3 is 15.2 Å². The molecule has 2 aromatic rings. The van der Waals surface area contributed by atoms with Gasteiger partial charge in [0.1, 0.15) is 5.75 Å². The zero-order valence-electron chi connectivity index (χ0n) is 12.2. The van der Waals surface area contributed by atoms with Crippen LogP contribution in [-0.4, -0.2) is 18.8 Å². The van der Waals surface area contributed by atoms with E-state index in [1.54, 1.807) is 7.11 Å². The summed E-state index contributed by atoms with van der Waals surface area (Å²) in [6.07, 6.45) is 0. The van der Waals surface area contributed by atoms with Crippen molar-refractivity contribution in [3.05, 3.63) is 59.2 Å². The predicted molar refractivity (Wildman–Crippen MR) is 82.4 cm³/mol. The molecule has 3 nitrogen and oxygen atoms in total. The molecule has 0 aliphatic rings. The second kappa shape index (κ2) is 6.44. The van der Waals surface area contributed by atoms with E-state index >= 15 is 0 Å². The van der Waals surface area contributed by atoms with Crippen LogP contribution >= 0.6 is 0 Å². The second-order valence-electron chi connectivity index (χ2n) is 4.90. The number of rotatable bonds is 5. The smallest absolute Gasteiger partial charge is 0.119 e. The summed E-state index contributed by atoms with van der Waals surface area (Å²) in [5.41, 5.74) is 4.54. The van der Waals surface area contributed by atoms with Gasteiger partial charge >= 0.3 is 0 Å². The number of anilines is 1. The van der Waals surface area contributed by atoms with E-state index in [2.05, 4.69) is 31.3 Å². The largest absolute Gasteiger partial charge is 0.497 e. The maximum Gasteiger partial charge on any atom is 0.119 e. The minimum absolute atomic E-state index is 0.0519. The summed E-state index contributed by atoms with van der Waals surface area (Å²) in [5, 5.41) is 13.0. The van der Waals surface area contributed by atoms with Crippen LogP contribution < -0.4 is 10.1 Å². The molecule has 0 bridgehead atoms. The molecule has 2 aromatic carbocycles. The first-order valence-corrected chi connectivity index (χ1v) is 6.73. The van der Waals surface area contributed by atoms with Crippen molar-refractivity contribution in [2.45, 2.75) is 19.9 Å². The fourth-order valence-corrected chi connectivity index (χ4v) is 2.26. The number of hydrogen-bond acceptors (Lipinski definition) is 3. The summed E-state index contributed by atoms with van der Waals surface area (Å²) in [4.78, 5) is 0. The fourth-order valence-electron chi connectivity index (χ4n) is 2.26. The lowest BCUT2D eigenvalue weighted by Crippen LogP contribution is -2.16. The Hall–Kier alpha value is -2.00. The Morgan fingerprint density at radius 1 is 1.10 bits per heavy atom. The van der Waals surface area contributed by atoms with Gasteiger partial charge in [-0.2, -0.15) is 0 Å². The van der Waals surface area contributed by atoms with Crippen molar-refractivity contribution in [1.82, 2.24) is 0 Å². The second-order valence-corrected chi connectivity index (χ2v) is 4.90. The number of nitrogens with one attached hydrogen (secondary N) is 1. The Labute approximate surface area is 120 Å². The van der Waals surface area contributed by atoms with Crippen LogP contribution in [0.1, 0.15) is 22.7 Å². The molecule has 2 N–H and O–H groups in total. The number of aryl methyl sites for hydroxylation is 1. The van der Waals surface area contributed by atoms with Crippen LogP contribution in [0.25, 0.3) is 0 Å². The Bertz CT molecular complexity index is 564. The van der Waals surface area contributed by atoms with Gasteiger partial charge in [0.2, 0.25) is 0 Å². The average molecular weight is 271 g/mol. The topological polar surface area (TPSA) is 41.5 Å². The molecule has 0 amide bonds. The zero-order valence-corrected chi connectivity index (χ0v) is 12.2. The van der Waals surface area contributed by atoms with Gasteiger partial charge in [-0.3, -0.25) is 0 Å². The maximum absolute atomic E-state index is 9.67. The molecule has 3 heteroatoms. The number of aliphatic hydroxyl groups is 1. The SMILES string of the molecule is COc1ccc(NC(CO)c2cccc(C)c2C)cc1. The van der Waals surface area contributed by atoms with Gasteiger partial charge in [0, 0.05) is 5.69 Å². The molecule has 20 heavy (non-hydrogen) atoms. The fraction of sp³-hybridized carbons (Fsp3) is 0.294. The molecule has 0 aliphatic heterocycles. The predicted octanol–water partition coefficient (Wildman–Crippen LogP) is 3.46. The van der Waals surface area contributed by atoms with Crippen LogP contribution in [-0.2, 0) is 0 Å². The molecule has 0 heterocycles. The summed E-state index contributed by atoms with van der Waals surface area (Å²) in [5.74, 6) is 0.822. The molecule has 0 aliphatic carbocycles. The molecule has 0 saturated heterocycles. The first-order valence-electron chi connectivity index (χ1n) is 6.73. The van der Waals surface area contributed by atoms with Crippen molar-refractivity contribution >= 4 is 5.69 Å². The van der Waals surface area contributed by atoms with Gasteiger partial charge in [-0.05, 0) is 54.8 Å². The van der Waals surface area contributed by atoms with Gasteiger partial charge in [0.25, 0.3) is 0 Å². The van der Waals surface area contributed by atoms with Crippen LogP contribution in [0.5, 0.6) is 5.75 Å². The van der Waals surface area contributed by atoms with Crippen molar-refractivity contribution in [1.29, 1.82) is 0 Å². The van der Waals surface area contributed by atoms with Crippen LogP contribution in [0.4, 0.5) is 5.69 Å². The standard InChI is InChI=1S/C17H21NO2/c1-12-5-4-6-16(13(12)2)17(11-19)18-14-7-9-15(20-3)10-8-14/h4-10,17-19H,11H2,1-3H3. The van der Waals surface area contributed by atoms with Crippen molar-refractivity contribution < 1.29 is 9.84 Å². The number of aliphatic hydroxyl groups excluding tert-OH is 1. The van der Waals surface area contributed by atoms with Crippen LogP contribution in [0.2, 0.25) is 0 Å². The van der Waals surface area contributed by atoms with E-state index in [9.17, 15) is 5.11 Å². The molecule has 2 rings (SSSR count). The summed E-state index contributed by atoms with van der Waals surface area (Å²) in [6, 6.07) is 13.8. The van der Waals surface area contributed by atoms with Gasteiger partial charge in [-0.25, -0.2) is 0 Å². The monoisotopic (exact) mass is 271 g/mol. The van der Waals surface area contributed by atoms with Crippen molar-refractivity contribution in [2.24, 2.45) is 0 Å². The maximum atomic E-state index is 9.67. The third-order valence-corrected chi connectivity index (χ3v) is 3.64. The number of hydrogen-bond donors (Lipinski definition) is 2. The minimum Gasteiger partial charge on any atom is -0.497 e. The highest BCUT2D eigenvalue weighted by atomic mass is 16.5. The molecular weight excluding hydrogens is 250 g/mol. The Kier molecular flexibility index (Phi) is 4.64.